The molecule has 6 heteroatoms. The van der Waals surface area contributed by atoms with Crippen LogP contribution in [-0.2, 0) is 24.2 Å². The van der Waals surface area contributed by atoms with Crippen molar-refractivity contribution in [2.24, 2.45) is 0 Å². The van der Waals surface area contributed by atoms with E-state index in [1.54, 1.807) is 6.07 Å². The Labute approximate surface area is 180 Å². The van der Waals surface area contributed by atoms with Crippen LogP contribution >= 0.6 is 0 Å². The van der Waals surface area contributed by atoms with E-state index in [4.69, 9.17) is 9.47 Å². The van der Waals surface area contributed by atoms with Gasteiger partial charge in [0.2, 0.25) is 0 Å². The standard InChI is InChI=1S/C25H24F2O4/c1-25(2,24(28)29)31-23-5-3-4-18(14-23)7-6-17-8-10-22(11-9-17)30-16-19-12-20(26)15-21(27)13-19/h3-5,8-15H,6-7,16H2,1-2H3,(H,28,29). The number of aryl methyl sites for hydroxylation is 2. The summed E-state index contributed by atoms with van der Waals surface area (Å²) in [5, 5.41) is 9.21. The minimum Gasteiger partial charge on any atom is -0.489 e. The summed E-state index contributed by atoms with van der Waals surface area (Å²) in [7, 11) is 0. The Balaban J connectivity index is 1.54. The van der Waals surface area contributed by atoms with E-state index in [0.717, 1.165) is 30.0 Å². The maximum Gasteiger partial charge on any atom is 0.347 e. The van der Waals surface area contributed by atoms with Crippen LogP contribution in [0.3, 0.4) is 0 Å². The molecule has 162 valence electrons. The molecule has 3 rings (SSSR count). The zero-order valence-electron chi connectivity index (χ0n) is 17.4. The number of rotatable bonds is 9. The van der Waals surface area contributed by atoms with Crippen molar-refractivity contribution in [3.8, 4) is 11.5 Å². The minimum absolute atomic E-state index is 0.0769. The van der Waals surface area contributed by atoms with Gasteiger partial charge in [0.15, 0.2) is 5.60 Å². The molecule has 0 bridgehead atoms. The van der Waals surface area contributed by atoms with Crippen molar-refractivity contribution in [1.82, 2.24) is 0 Å². The van der Waals surface area contributed by atoms with Crippen LogP contribution in [0.4, 0.5) is 8.78 Å². The molecular formula is C25H24F2O4. The predicted molar refractivity (Wildman–Crippen MR) is 113 cm³/mol. The summed E-state index contributed by atoms with van der Waals surface area (Å²) in [6.07, 6.45) is 1.54. The zero-order valence-corrected chi connectivity index (χ0v) is 17.4. The fraction of sp³-hybridized carbons (Fsp3) is 0.240. The van der Waals surface area contributed by atoms with E-state index in [2.05, 4.69) is 0 Å². The first-order chi connectivity index (χ1) is 14.7. The molecule has 0 unspecified atom stereocenters. The van der Waals surface area contributed by atoms with Crippen LogP contribution in [0.2, 0.25) is 0 Å². The highest BCUT2D eigenvalue weighted by Gasteiger charge is 2.29. The van der Waals surface area contributed by atoms with Gasteiger partial charge in [-0.15, -0.1) is 0 Å². The molecule has 0 spiro atoms. The fourth-order valence-electron chi connectivity index (χ4n) is 3.00. The molecule has 0 saturated carbocycles. The van der Waals surface area contributed by atoms with E-state index in [9.17, 15) is 18.7 Å². The van der Waals surface area contributed by atoms with Gasteiger partial charge in [-0.2, -0.15) is 0 Å². The van der Waals surface area contributed by atoms with Gasteiger partial charge in [-0.1, -0.05) is 24.3 Å². The second kappa shape index (κ2) is 9.60. The van der Waals surface area contributed by atoms with Gasteiger partial charge in [-0.25, -0.2) is 13.6 Å². The van der Waals surface area contributed by atoms with Gasteiger partial charge in [0.1, 0.15) is 29.7 Å². The van der Waals surface area contributed by atoms with E-state index in [1.165, 1.54) is 26.0 Å². The third kappa shape index (κ3) is 6.54. The number of hydrogen-bond acceptors (Lipinski definition) is 3. The lowest BCUT2D eigenvalue weighted by Crippen LogP contribution is -2.37. The molecule has 0 fully saturated rings. The summed E-state index contributed by atoms with van der Waals surface area (Å²) in [5.41, 5.74) is 1.26. The van der Waals surface area contributed by atoms with Gasteiger partial charge < -0.3 is 14.6 Å². The van der Waals surface area contributed by atoms with Crippen molar-refractivity contribution in [1.29, 1.82) is 0 Å². The maximum absolute atomic E-state index is 13.2. The van der Waals surface area contributed by atoms with E-state index in [-0.39, 0.29) is 6.61 Å². The van der Waals surface area contributed by atoms with Crippen LogP contribution in [0.5, 0.6) is 11.5 Å². The Kier molecular flexibility index (Phi) is 6.90. The van der Waals surface area contributed by atoms with Gasteiger partial charge in [0.25, 0.3) is 0 Å². The quantitative estimate of drug-likeness (QED) is 0.486. The molecule has 4 nitrogen and oxygen atoms in total. The Hall–Kier alpha value is -3.41. The molecule has 0 aliphatic heterocycles. The van der Waals surface area contributed by atoms with Crippen molar-refractivity contribution < 1.29 is 28.2 Å². The summed E-state index contributed by atoms with van der Waals surface area (Å²) in [5.74, 6) is -1.16. The molecule has 0 aromatic heterocycles. The molecule has 0 radical (unpaired) electrons. The average Bonchev–Trinajstić information content (AvgIpc) is 2.71. The predicted octanol–water partition coefficient (Wildman–Crippen LogP) is 5.57. The first-order valence-electron chi connectivity index (χ1n) is 9.89. The van der Waals surface area contributed by atoms with Crippen molar-refractivity contribution >= 4 is 5.97 Å². The number of aliphatic carboxylic acids is 1. The number of ether oxygens (including phenoxy) is 2. The molecule has 3 aromatic carbocycles. The van der Waals surface area contributed by atoms with Crippen LogP contribution in [0, 0.1) is 11.6 Å². The molecule has 1 N–H and O–H groups in total. The highest BCUT2D eigenvalue weighted by Crippen LogP contribution is 2.22. The molecule has 0 saturated heterocycles. The summed E-state index contributed by atoms with van der Waals surface area (Å²) < 4.78 is 37.7. The van der Waals surface area contributed by atoms with Crippen LogP contribution in [0.15, 0.2) is 66.7 Å². The van der Waals surface area contributed by atoms with Crippen LogP contribution < -0.4 is 9.47 Å². The fourth-order valence-corrected chi connectivity index (χ4v) is 3.00. The smallest absolute Gasteiger partial charge is 0.347 e. The maximum atomic E-state index is 13.2. The van der Waals surface area contributed by atoms with E-state index in [1.807, 2.05) is 42.5 Å². The Morgan fingerprint density at radius 3 is 2.13 bits per heavy atom. The Morgan fingerprint density at radius 2 is 1.48 bits per heavy atom. The lowest BCUT2D eigenvalue weighted by atomic mass is 10.0. The summed E-state index contributed by atoms with van der Waals surface area (Å²) >= 11 is 0. The largest absolute Gasteiger partial charge is 0.489 e. The molecule has 3 aromatic rings. The van der Waals surface area contributed by atoms with Gasteiger partial charge >= 0.3 is 5.97 Å². The lowest BCUT2D eigenvalue weighted by Gasteiger charge is -2.21. The lowest BCUT2D eigenvalue weighted by molar-refractivity contribution is -0.152. The topological polar surface area (TPSA) is 55.8 Å². The van der Waals surface area contributed by atoms with E-state index >= 15 is 0 Å². The van der Waals surface area contributed by atoms with Crippen molar-refractivity contribution in [2.75, 3.05) is 0 Å². The monoisotopic (exact) mass is 426 g/mol. The van der Waals surface area contributed by atoms with Crippen LogP contribution in [0.1, 0.15) is 30.5 Å². The third-order valence-electron chi connectivity index (χ3n) is 4.74. The molecule has 0 aliphatic rings. The summed E-state index contributed by atoms with van der Waals surface area (Å²) in [6, 6.07) is 18.2. The first kappa shape index (κ1) is 22.3. The zero-order chi connectivity index (χ0) is 22.4. The van der Waals surface area contributed by atoms with Crippen LogP contribution in [0.25, 0.3) is 0 Å². The Morgan fingerprint density at radius 1 is 0.839 bits per heavy atom. The van der Waals surface area contributed by atoms with Gasteiger partial charge in [0, 0.05) is 6.07 Å². The third-order valence-corrected chi connectivity index (χ3v) is 4.74. The van der Waals surface area contributed by atoms with E-state index in [0.29, 0.717) is 17.1 Å². The van der Waals surface area contributed by atoms with Crippen molar-refractivity contribution in [3.63, 3.8) is 0 Å². The number of benzene rings is 3. The van der Waals surface area contributed by atoms with Crippen LogP contribution in [-0.4, -0.2) is 16.7 Å². The number of carbonyl (C=O) groups is 1. The average molecular weight is 426 g/mol. The first-order valence-corrected chi connectivity index (χ1v) is 9.89. The molecular weight excluding hydrogens is 402 g/mol. The van der Waals surface area contributed by atoms with Gasteiger partial charge in [-0.3, -0.25) is 0 Å². The number of carboxylic acids is 1. The number of hydrogen-bond donors (Lipinski definition) is 1. The number of halogens is 2. The highest BCUT2D eigenvalue weighted by atomic mass is 19.1. The molecule has 0 aliphatic carbocycles. The molecule has 0 heterocycles. The minimum atomic E-state index is -1.30. The van der Waals surface area contributed by atoms with Crippen molar-refractivity contribution in [3.05, 3.63) is 95.1 Å². The molecule has 31 heavy (non-hydrogen) atoms. The Bertz CT molecular complexity index is 1030. The van der Waals surface area contributed by atoms with E-state index < -0.39 is 23.2 Å². The SMILES string of the molecule is CC(C)(Oc1cccc(CCc2ccc(OCc3cc(F)cc(F)c3)cc2)c1)C(=O)O. The van der Waals surface area contributed by atoms with Gasteiger partial charge in [-0.05, 0) is 79.8 Å². The highest BCUT2D eigenvalue weighted by molar-refractivity contribution is 5.76. The second-order valence-electron chi connectivity index (χ2n) is 7.78. The summed E-state index contributed by atoms with van der Waals surface area (Å²) in [4.78, 5) is 11.2. The summed E-state index contributed by atoms with van der Waals surface area (Å²) in [6.45, 7) is 3.10. The molecule has 0 atom stereocenters. The number of carboxylic acid groups (broad SMARTS) is 1. The second-order valence-corrected chi connectivity index (χ2v) is 7.78. The normalized spacial score (nSPS) is 11.2. The molecule has 0 amide bonds. The van der Waals surface area contributed by atoms with Crippen molar-refractivity contribution in [2.45, 2.75) is 38.9 Å². The van der Waals surface area contributed by atoms with Gasteiger partial charge in [0.05, 0.1) is 0 Å².